The third-order valence-electron chi connectivity index (χ3n) is 6.13. The Bertz CT molecular complexity index is 1560. The van der Waals surface area contributed by atoms with E-state index in [-0.39, 0.29) is 17.1 Å². The van der Waals surface area contributed by atoms with E-state index in [1.54, 1.807) is 55.6 Å². The number of aliphatic hydroxyl groups is 1. The number of aromatic nitrogens is 1. The average molecular weight is 531 g/mol. The maximum Gasteiger partial charge on any atom is 0.301 e. The zero-order valence-electron chi connectivity index (χ0n) is 21.0. The van der Waals surface area contributed by atoms with Gasteiger partial charge in [0, 0.05) is 5.56 Å². The second-order valence-corrected chi connectivity index (χ2v) is 10.3. The van der Waals surface area contributed by atoms with Crippen LogP contribution in [0.5, 0.6) is 17.2 Å². The van der Waals surface area contributed by atoms with Gasteiger partial charge in [0.25, 0.3) is 5.78 Å². The van der Waals surface area contributed by atoms with Gasteiger partial charge in [-0.1, -0.05) is 49.4 Å². The van der Waals surface area contributed by atoms with Gasteiger partial charge in [0.1, 0.15) is 23.0 Å². The van der Waals surface area contributed by atoms with Crippen molar-refractivity contribution in [3.63, 3.8) is 0 Å². The van der Waals surface area contributed by atoms with Crippen molar-refractivity contribution in [2.24, 2.45) is 5.92 Å². The molecule has 0 bridgehead atoms. The van der Waals surface area contributed by atoms with Crippen molar-refractivity contribution in [2.45, 2.75) is 19.9 Å². The third-order valence-corrected chi connectivity index (χ3v) is 7.15. The van der Waals surface area contributed by atoms with Crippen molar-refractivity contribution in [1.82, 2.24) is 4.98 Å². The Morgan fingerprint density at radius 2 is 1.82 bits per heavy atom. The number of thiazole rings is 1. The fraction of sp³-hybridized carbons (Fsp3) is 0.207. The molecule has 1 fully saturated rings. The zero-order chi connectivity index (χ0) is 27.0. The lowest BCUT2D eigenvalue weighted by molar-refractivity contribution is -0.132. The second kappa shape index (κ2) is 10.2. The summed E-state index contributed by atoms with van der Waals surface area (Å²) >= 11 is 1.24. The van der Waals surface area contributed by atoms with Crippen LogP contribution < -0.4 is 14.4 Å². The van der Waals surface area contributed by atoms with E-state index in [1.165, 1.54) is 28.4 Å². The van der Waals surface area contributed by atoms with Gasteiger partial charge in [-0.05, 0) is 53.9 Å². The van der Waals surface area contributed by atoms with Gasteiger partial charge in [0.15, 0.2) is 5.13 Å². The predicted octanol–water partition coefficient (Wildman–Crippen LogP) is 5.67. The number of benzene rings is 3. The van der Waals surface area contributed by atoms with Crippen LogP contribution in [0.15, 0.2) is 72.3 Å². The van der Waals surface area contributed by atoms with Gasteiger partial charge in [-0.2, -0.15) is 0 Å². The maximum atomic E-state index is 13.4. The summed E-state index contributed by atoms with van der Waals surface area (Å²) in [7, 11) is 1.56. The van der Waals surface area contributed by atoms with Crippen molar-refractivity contribution in [2.75, 3.05) is 18.6 Å². The highest BCUT2D eigenvalue weighted by Gasteiger charge is 2.48. The number of aromatic hydroxyl groups is 1. The van der Waals surface area contributed by atoms with Crippen molar-refractivity contribution in [3.05, 3.63) is 83.4 Å². The fourth-order valence-electron chi connectivity index (χ4n) is 4.28. The van der Waals surface area contributed by atoms with Crippen LogP contribution in [0.1, 0.15) is 31.0 Å². The third kappa shape index (κ3) is 4.68. The number of anilines is 1. The van der Waals surface area contributed by atoms with E-state index in [1.807, 2.05) is 19.9 Å². The Morgan fingerprint density at radius 1 is 1.05 bits per heavy atom. The summed E-state index contributed by atoms with van der Waals surface area (Å²) in [6.45, 7) is 4.55. The number of amides is 1. The van der Waals surface area contributed by atoms with Crippen molar-refractivity contribution in [3.8, 4) is 17.2 Å². The number of phenols is 1. The molecule has 1 aromatic heterocycles. The normalized spacial score (nSPS) is 16.9. The number of methoxy groups -OCH3 is 1. The smallest absolute Gasteiger partial charge is 0.301 e. The minimum absolute atomic E-state index is 0.0350. The molecule has 0 spiro atoms. The van der Waals surface area contributed by atoms with Gasteiger partial charge in [0.2, 0.25) is 0 Å². The zero-order valence-corrected chi connectivity index (χ0v) is 21.9. The number of rotatable bonds is 7. The molecule has 3 aromatic carbocycles. The lowest BCUT2D eigenvalue weighted by atomic mass is 9.95. The summed E-state index contributed by atoms with van der Waals surface area (Å²) in [5.41, 5.74) is 1.46. The van der Waals surface area contributed by atoms with Gasteiger partial charge >= 0.3 is 5.91 Å². The standard InChI is InChI=1S/C29H26N2O6S/c1-16(2)15-37-21-6-4-5-18(13-21)26(33)24-25(17-7-9-19(32)10-8-17)31(28(35)27(24)34)29-30-22-12-11-20(36-3)14-23(22)38-29/h4-14,16,25,32-33H,15H2,1-3H3/b26-24+. The van der Waals surface area contributed by atoms with Crippen LogP contribution in [-0.2, 0) is 9.59 Å². The Kier molecular flexibility index (Phi) is 6.77. The van der Waals surface area contributed by atoms with Crippen LogP contribution in [0.2, 0.25) is 0 Å². The lowest BCUT2D eigenvalue weighted by Crippen LogP contribution is -2.29. The summed E-state index contributed by atoms with van der Waals surface area (Å²) in [6, 6.07) is 17.4. The Morgan fingerprint density at radius 3 is 2.53 bits per heavy atom. The molecule has 1 atom stereocenters. The minimum Gasteiger partial charge on any atom is -0.508 e. The summed E-state index contributed by atoms with van der Waals surface area (Å²) in [5, 5.41) is 21.6. The van der Waals surface area contributed by atoms with E-state index in [4.69, 9.17) is 9.47 Å². The Hall–Kier alpha value is -4.37. The van der Waals surface area contributed by atoms with Crippen LogP contribution in [0.4, 0.5) is 5.13 Å². The number of ether oxygens (including phenoxy) is 2. The molecule has 1 aliphatic heterocycles. The quantitative estimate of drug-likeness (QED) is 0.180. The first-order chi connectivity index (χ1) is 18.3. The van der Waals surface area contributed by atoms with Crippen LogP contribution in [0.3, 0.4) is 0 Å². The number of carbonyl (C=O) groups excluding carboxylic acids is 2. The maximum absolute atomic E-state index is 13.4. The average Bonchev–Trinajstić information content (AvgIpc) is 3.45. The van der Waals surface area contributed by atoms with Crippen LogP contribution in [-0.4, -0.2) is 40.6 Å². The predicted molar refractivity (Wildman–Crippen MR) is 146 cm³/mol. The first kappa shape index (κ1) is 25.3. The van der Waals surface area contributed by atoms with Crippen LogP contribution in [0, 0.1) is 5.92 Å². The van der Waals surface area contributed by atoms with Crippen molar-refractivity contribution in [1.29, 1.82) is 0 Å². The molecule has 1 unspecified atom stereocenters. The van der Waals surface area contributed by atoms with Gasteiger partial charge in [-0.15, -0.1) is 0 Å². The first-order valence-corrected chi connectivity index (χ1v) is 12.9. The van der Waals surface area contributed by atoms with Gasteiger partial charge < -0.3 is 19.7 Å². The van der Waals surface area contributed by atoms with E-state index in [2.05, 4.69) is 4.98 Å². The minimum atomic E-state index is -0.960. The van der Waals surface area contributed by atoms with Crippen molar-refractivity contribution < 1.29 is 29.3 Å². The number of phenolic OH excluding ortho intramolecular Hbond substituents is 1. The monoisotopic (exact) mass is 530 g/mol. The van der Waals surface area contributed by atoms with E-state index in [0.717, 1.165) is 4.70 Å². The summed E-state index contributed by atoms with van der Waals surface area (Å²) < 4.78 is 11.9. The van der Waals surface area contributed by atoms with E-state index in [0.29, 0.717) is 45.8 Å². The van der Waals surface area contributed by atoms with Gasteiger partial charge in [0.05, 0.1) is 35.5 Å². The number of carbonyl (C=O) groups is 2. The summed E-state index contributed by atoms with van der Waals surface area (Å²) in [5.74, 6) is -0.424. The summed E-state index contributed by atoms with van der Waals surface area (Å²) in [4.78, 5) is 32.8. The molecule has 9 heteroatoms. The fourth-order valence-corrected chi connectivity index (χ4v) is 5.30. The van der Waals surface area contributed by atoms with Crippen molar-refractivity contribution >= 4 is 44.1 Å². The highest BCUT2D eigenvalue weighted by atomic mass is 32.1. The van der Waals surface area contributed by atoms with Gasteiger partial charge in [-0.3, -0.25) is 14.5 Å². The molecule has 1 saturated heterocycles. The Labute approximate surface area is 223 Å². The molecular weight excluding hydrogens is 504 g/mol. The van der Waals surface area contributed by atoms with E-state index < -0.39 is 17.7 Å². The molecule has 38 heavy (non-hydrogen) atoms. The van der Waals surface area contributed by atoms with E-state index in [9.17, 15) is 19.8 Å². The first-order valence-electron chi connectivity index (χ1n) is 12.0. The SMILES string of the molecule is COc1ccc2nc(N3C(=O)C(=O)/C(=C(/O)c4cccc(OCC(C)C)c4)C3c3ccc(O)cc3)sc2c1. The summed E-state index contributed by atoms with van der Waals surface area (Å²) in [6.07, 6.45) is 0. The number of ketones is 1. The second-order valence-electron chi connectivity index (χ2n) is 9.32. The number of Topliss-reactive ketones (excluding diaryl/α,β-unsaturated/α-hetero) is 1. The molecule has 5 rings (SSSR count). The van der Waals surface area contributed by atoms with Crippen LogP contribution in [0.25, 0.3) is 16.0 Å². The van der Waals surface area contributed by atoms with E-state index >= 15 is 0 Å². The van der Waals surface area contributed by atoms with Crippen LogP contribution >= 0.6 is 11.3 Å². The molecular formula is C29H26N2O6S. The highest BCUT2D eigenvalue weighted by molar-refractivity contribution is 7.22. The molecule has 8 nitrogen and oxygen atoms in total. The molecule has 1 amide bonds. The van der Waals surface area contributed by atoms with Gasteiger partial charge in [-0.25, -0.2) is 4.98 Å². The molecule has 1 aliphatic rings. The molecule has 2 heterocycles. The molecule has 194 valence electrons. The largest absolute Gasteiger partial charge is 0.508 e. The number of hydrogen-bond acceptors (Lipinski definition) is 8. The lowest BCUT2D eigenvalue weighted by Gasteiger charge is -2.23. The number of hydrogen-bond donors (Lipinski definition) is 2. The Balaban J connectivity index is 1.65. The number of aliphatic hydroxyl groups excluding tert-OH is 1. The molecule has 0 aliphatic carbocycles. The molecule has 4 aromatic rings. The highest BCUT2D eigenvalue weighted by Crippen LogP contribution is 2.45. The molecule has 2 N–H and O–H groups in total. The number of fused-ring (bicyclic) bond motifs is 1. The topological polar surface area (TPSA) is 109 Å². The molecule has 0 radical (unpaired) electrons. The molecule has 0 saturated carbocycles. The number of nitrogens with zero attached hydrogens (tertiary/aromatic N) is 2.